The lowest BCUT2D eigenvalue weighted by molar-refractivity contribution is -0.268. The van der Waals surface area contributed by atoms with Gasteiger partial charge in [0.2, 0.25) is 6.29 Å². The minimum Gasteiger partial charge on any atom is -0.507 e. The predicted molar refractivity (Wildman–Crippen MR) is 198 cm³/mol. The molecule has 1 saturated heterocycles. The average molecular weight is 755 g/mol. The molecular weight excluding hydrogens is 712 g/mol. The summed E-state index contributed by atoms with van der Waals surface area (Å²) in [4.78, 5) is 41.6. The second kappa shape index (κ2) is 16.6. The normalized spacial score (nSPS) is 20.7. The molecule has 55 heavy (non-hydrogen) atoms. The number of ketones is 2. The van der Waals surface area contributed by atoms with Gasteiger partial charge in [0.25, 0.3) is 0 Å². The van der Waals surface area contributed by atoms with Crippen LogP contribution >= 0.6 is 0 Å². The van der Waals surface area contributed by atoms with E-state index in [1.165, 1.54) is 25.1 Å². The SMILES string of the molecule is CC(=O)Oc1cc(CO)c2c(c1C=Cc1cccc(CCCO)c1)C(=O)c1cc(OC3OC(C)C(O)C(O)C3O)c(Cc3cccc(CO)c3)c(O)c1C2=O. The lowest BCUT2D eigenvalue weighted by atomic mass is 9.77. The summed E-state index contributed by atoms with van der Waals surface area (Å²) in [5.74, 6) is -3.24. The summed E-state index contributed by atoms with van der Waals surface area (Å²) in [6.45, 7) is 1.64. The first kappa shape index (κ1) is 39.4. The van der Waals surface area contributed by atoms with Crippen LogP contribution in [0.25, 0.3) is 12.2 Å². The number of ether oxygens (including phenoxy) is 3. The fourth-order valence-electron chi connectivity index (χ4n) is 6.97. The number of carbonyl (C=O) groups is 3. The van der Waals surface area contributed by atoms with Crippen LogP contribution < -0.4 is 9.47 Å². The van der Waals surface area contributed by atoms with Crippen molar-refractivity contribution in [3.05, 3.63) is 122 Å². The Morgan fingerprint density at radius 1 is 0.800 bits per heavy atom. The molecule has 5 atom stereocenters. The highest BCUT2D eigenvalue weighted by molar-refractivity contribution is 6.31. The van der Waals surface area contributed by atoms with E-state index in [-0.39, 0.29) is 70.1 Å². The Morgan fingerprint density at radius 3 is 2.24 bits per heavy atom. The Balaban J connectivity index is 1.54. The molecule has 6 rings (SSSR count). The van der Waals surface area contributed by atoms with E-state index in [0.29, 0.717) is 29.5 Å². The summed E-state index contributed by atoms with van der Waals surface area (Å²) in [6, 6.07) is 16.7. The summed E-state index contributed by atoms with van der Waals surface area (Å²) in [5.41, 5.74) is 1.71. The van der Waals surface area contributed by atoms with Crippen molar-refractivity contribution in [1.29, 1.82) is 0 Å². The molecule has 1 aliphatic carbocycles. The number of hydrogen-bond donors (Lipinski definition) is 7. The third-order valence-corrected chi connectivity index (χ3v) is 9.75. The van der Waals surface area contributed by atoms with Crippen LogP contribution in [-0.4, -0.2) is 90.6 Å². The highest BCUT2D eigenvalue weighted by Crippen LogP contribution is 2.45. The number of fused-ring (bicyclic) bond motifs is 2. The maximum Gasteiger partial charge on any atom is 0.308 e. The van der Waals surface area contributed by atoms with Crippen molar-refractivity contribution in [3.63, 3.8) is 0 Å². The van der Waals surface area contributed by atoms with E-state index in [9.17, 15) is 50.1 Å². The van der Waals surface area contributed by atoms with Crippen molar-refractivity contribution < 1.29 is 64.3 Å². The summed E-state index contributed by atoms with van der Waals surface area (Å²) >= 11 is 0. The van der Waals surface area contributed by atoms with Crippen LogP contribution in [0.1, 0.15) is 91.1 Å². The van der Waals surface area contributed by atoms with Crippen LogP contribution in [0.4, 0.5) is 0 Å². The van der Waals surface area contributed by atoms with Crippen LogP contribution in [-0.2, 0) is 35.6 Å². The number of carbonyl (C=O) groups excluding carboxylic acids is 3. The van der Waals surface area contributed by atoms with Gasteiger partial charge in [-0.1, -0.05) is 54.6 Å². The van der Waals surface area contributed by atoms with E-state index >= 15 is 0 Å². The number of phenols is 1. The summed E-state index contributed by atoms with van der Waals surface area (Å²) in [7, 11) is 0. The molecule has 0 bridgehead atoms. The molecule has 0 radical (unpaired) electrons. The minimum absolute atomic E-state index is 0.00536. The lowest BCUT2D eigenvalue weighted by Gasteiger charge is -2.39. The largest absolute Gasteiger partial charge is 0.507 e. The van der Waals surface area contributed by atoms with Gasteiger partial charge in [-0.3, -0.25) is 14.4 Å². The van der Waals surface area contributed by atoms with Crippen molar-refractivity contribution in [2.75, 3.05) is 6.61 Å². The maximum atomic E-state index is 14.7. The molecule has 0 saturated carbocycles. The first-order valence-electron chi connectivity index (χ1n) is 17.8. The summed E-state index contributed by atoms with van der Waals surface area (Å²) < 4.78 is 17.3. The number of rotatable bonds is 12. The van der Waals surface area contributed by atoms with Crippen molar-refractivity contribution in [1.82, 2.24) is 0 Å². The molecule has 1 heterocycles. The highest BCUT2D eigenvalue weighted by Gasteiger charge is 2.44. The van der Waals surface area contributed by atoms with Crippen LogP contribution in [0.3, 0.4) is 0 Å². The van der Waals surface area contributed by atoms with Crippen molar-refractivity contribution in [3.8, 4) is 17.2 Å². The van der Waals surface area contributed by atoms with Gasteiger partial charge in [-0.15, -0.1) is 0 Å². The average Bonchev–Trinajstić information content (AvgIpc) is 3.17. The van der Waals surface area contributed by atoms with E-state index in [1.54, 1.807) is 36.4 Å². The first-order valence-corrected chi connectivity index (χ1v) is 17.8. The first-order chi connectivity index (χ1) is 26.4. The van der Waals surface area contributed by atoms with E-state index in [0.717, 1.165) is 12.5 Å². The van der Waals surface area contributed by atoms with Gasteiger partial charge in [0.1, 0.15) is 35.6 Å². The number of benzene rings is 4. The second-order valence-corrected chi connectivity index (χ2v) is 13.6. The second-order valence-electron chi connectivity index (χ2n) is 13.6. The zero-order valence-corrected chi connectivity index (χ0v) is 30.1. The van der Waals surface area contributed by atoms with Crippen LogP contribution in [0.15, 0.2) is 60.7 Å². The smallest absolute Gasteiger partial charge is 0.308 e. The van der Waals surface area contributed by atoms with E-state index in [2.05, 4.69) is 0 Å². The third-order valence-electron chi connectivity index (χ3n) is 9.75. The maximum absolute atomic E-state index is 14.7. The Kier molecular flexibility index (Phi) is 11.9. The number of hydrogen-bond acceptors (Lipinski definition) is 13. The van der Waals surface area contributed by atoms with Gasteiger partial charge in [0, 0.05) is 47.8 Å². The molecule has 5 unspecified atom stereocenters. The van der Waals surface area contributed by atoms with E-state index in [4.69, 9.17) is 14.2 Å². The predicted octanol–water partition coefficient (Wildman–Crippen LogP) is 2.97. The van der Waals surface area contributed by atoms with Crippen molar-refractivity contribution >= 4 is 29.7 Å². The number of phenolic OH excluding ortho intramolecular Hbond substituents is 1. The Bertz CT molecular complexity index is 2160. The molecule has 4 aromatic carbocycles. The molecule has 0 aromatic heterocycles. The van der Waals surface area contributed by atoms with Crippen LogP contribution in [0.2, 0.25) is 0 Å². The van der Waals surface area contributed by atoms with Crippen LogP contribution in [0, 0.1) is 0 Å². The molecule has 7 N–H and O–H groups in total. The van der Waals surface area contributed by atoms with E-state index in [1.807, 2.05) is 18.2 Å². The fourth-order valence-corrected chi connectivity index (χ4v) is 6.97. The molecule has 4 aromatic rings. The number of aliphatic hydroxyl groups is 6. The molecule has 13 heteroatoms. The minimum atomic E-state index is -1.76. The number of aliphatic hydroxyl groups excluding tert-OH is 6. The monoisotopic (exact) mass is 754 g/mol. The molecule has 1 aliphatic heterocycles. The van der Waals surface area contributed by atoms with Gasteiger partial charge in [-0.2, -0.15) is 0 Å². The van der Waals surface area contributed by atoms with Gasteiger partial charge in [0.15, 0.2) is 11.6 Å². The number of aryl methyl sites for hydroxylation is 1. The topological polar surface area (TPSA) is 221 Å². The standard InChI is InChI=1S/C42H42O13/c1-21-36(47)40(51)41(52)42(53-21)55-32-18-30-35(37(48)29(32)16-25-8-4-9-26(15-25)19-44)39(50)33-27(20-45)17-31(54-22(2)46)28(34(33)38(30)49)12-11-24-7-3-6-23(14-24)10-5-13-43/h3-4,6-9,11-12,14-15,17-18,21,36,40-45,47-48,51-52H,5,10,13,16,19-20H2,1-2H3. The number of esters is 1. The van der Waals surface area contributed by atoms with Gasteiger partial charge in [0.05, 0.1) is 24.9 Å². The quantitative estimate of drug-likeness (QED) is 0.0554. The highest BCUT2D eigenvalue weighted by atomic mass is 16.7. The molecule has 1 fully saturated rings. The zero-order chi connectivity index (χ0) is 39.6. The Hall–Kier alpha value is -5.25. The van der Waals surface area contributed by atoms with E-state index < -0.39 is 60.6 Å². The van der Waals surface area contributed by atoms with Crippen molar-refractivity contribution in [2.24, 2.45) is 0 Å². The lowest BCUT2D eigenvalue weighted by Crippen LogP contribution is -2.58. The fraction of sp³-hybridized carbons (Fsp3) is 0.310. The molecular formula is C42H42O13. The van der Waals surface area contributed by atoms with Gasteiger partial charge in [-0.05, 0) is 65.8 Å². The summed E-state index contributed by atoms with van der Waals surface area (Å²) in [5, 5.41) is 73.0. The molecule has 0 amide bonds. The Morgan fingerprint density at radius 2 is 1.53 bits per heavy atom. The summed E-state index contributed by atoms with van der Waals surface area (Å²) in [6.07, 6.45) is -3.19. The Labute approximate surface area is 316 Å². The molecule has 288 valence electrons. The molecule has 13 nitrogen and oxygen atoms in total. The van der Waals surface area contributed by atoms with Crippen molar-refractivity contribution in [2.45, 2.75) is 77.0 Å². The third kappa shape index (κ3) is 7.95. The van der Waals surface area contributed by atoms with Crippen LogP contribution in [0.5, 0.6) is 17.2 Å². The zero-order valence-electron chi connectivity index (χ0n) is 30.1. The number of aromatic hydroxyl groups is 1. The molecule has 0 spiro atoms. The molecule has 2 aliphatic rings. The van der Waals surface area contributed by atoms with Gasteiger partial charge < -0.3 is 50.0 Å². The van der Waals surface area contributed by atoms with Gasteiger partial charge >= 0.3 is 5.97 Å². The van der Waals surface area contributed by atoms with Gasteiger partial charge in [-0.25, -0.2) is 0 Å².